The Kier molecular flexibility index (Phi) is 8.83. The van der Waals surface area contributed by atoms with Crippen molar-refractivity contribution in [2.75, 3.05) is 19.7 Å². The predicted molar refractivity (Wildman–Crippen MR) is 138 cm³/mol. The molecule has 0 aliphatic carbocycles. The summed E-state index contributed by atoms with van der Waals surface area (Å²) >= 11 is 0. The van der Waals surface area contributed by atoms with Crippen LogP contribution >= 0.6 is 0 Å². The first kappa shape index (κ1) is 26.5. The van der Waals surface area contributed by atoms with Gasteiger partial charge in [0.1, 0.15) is 18.1 Å². The van der Waals surface area contributed by atoms with Gasteiger partial charge in [-0.15, -0.1) is 0 Å². The number of nitrogens with zero attached hydrogens (tertiary/aromatic N) is 2. The highest BCUT2D eigenvalue weighted by Crippen LogP contribution is 2.27. The molecule has 1 aromatic heterocycles. The Bertz CT molecular complexity index is 1260. The van der Waals surface area contributed by atoms with E-state index < -0.39 is 12.1 Å². The second kappa shape index (κ2) is 12.0. The molecule has 0 radical (unpaired) electrons. The summed E-state index contributed by atoms with van der Waals surface area (Å²) in [4.78, 5) is 39.0. The molecule has 3 N–H and O–H groups in total. The molecule has 0 bridgehead atoms. The third-order valence-corrected chi connectivity index (χ3v) is 5.75. The van der Waals surface area contributed by atoms with Crippen LogP contribution in [0.2, 0.25) is 0 Å². The Morgan fingerprint density at radius 3 is 2.44 bits per heavy atom. The molecule has 3 aromatic rings. The molecule has 0 saturated carbocycles. The Morgan fingerprint density at radius 2 is 1.81 bits per heavy atom. The minimum Gasteiger partial charge on any atom is -0.465 e. The van der Waals surface area contributed by atoms with E-state index in [1.165, 1.54) is 4.90 Å². The first-order valence-corrected chi connectivity index (χ1v) is 11.9. The number of carbonyl (C=O) groups excluding carboxylic acids is 3. The summed E-state index contributed by atoms with van der Waals surface area (Å²) in [5, 5.41) is 8.17. The first-order valence-electron chi connectivity index (χ1n) is 11.9. The van der Waals surface area contributed by atoms with E-state index in [1.54, 1.807) is 43.5 Å². The molecule has 1 heterocycles. The Morgan fingerprint density at radius 1 is 1.08 bits per heavy atom. The van der Waals surface area contributed by atoms with Crippen LogP contribution in [-0.2, 0) is 23.0 Å². The molecule has 0 aliphatic rings. The second-order valence-corrected chi connectivity index (χ2v) is 8.46. The molecular formula is C27H32N4O5. The summed E-state index contributed by atoms with van der Waals surface area (Å²) in [6.45, 7) is 4.00. The number of ether oxygens (including phenoxy) is 2. The fraction of sp³-hybridized carbons (Fsp3) is 0.333. The molecule has 2 aromatic carbocycles. The number of amidine groups is 1. The maximum absolute atomic E-state index is 13.1. The zero-order valence-electron chi connectivity index (χ0n) is 20.9. The lowest BCUT2D eigenvalue weighted by Crippen LogP contribution is -2.38. The minimum atomic E-state index is -0.651. The van der Waals surface area contributed by atoms with Crippen LogP contribution in [0.5, 0.6) is 5.75 Å². The number of aromatic nitrogens is 1. The van der Waals surface area contributed by atoms with Crippen molar-refractivity contribution >= 4 is 34.6 Å². The fourth-order valence-electron chi connectivity index (χ4n) is 3.93. The van der Waals surface area contributed by atoms with Crippen molar-refractivity contribution in [3.8, 4) is 5.75 Å². The van der Waals surface area contributed by atoms with Crippen molar-refractivity contribution in [3.05, 3.63) is 65.4 Å². The zero-order chi connectivity index (χ0) is 26.2. The van der Waals surface area contributed by atoms with Crippen molar-refractivity contribution in [1.29, 1.82) is 5.41 Å². The molecule has 9 nitrogen and oxygen atoms in total. The van der Waals surface area contributed by atoms with Gasteiger partial charge in [-0.05, 0) is 43.5 Å². The summed E-state index contributed by atoms with van der Waals surface area (Å²) in [6.07, 6.45) is 2.63. The zero-order valence-corrected chi connectivity index (χ0v) is 20.9. The Balaban J connectivity index is 1.75. The molecule has 36 heavy (non-hydrogen) atoms. The van der Waals surface area contributed by atoms with Crippen LogP contribution in [0.25, 0.3) is 10.9 Å². The summed E-state index contributed by atoms with van der Waals surface area (Å²) in [7, 11) is 1.85. The lowest BCUT2D eigenvalue weighted by molar-refractivity contribution is -0.143. The van der Waals surface area contributed by atoms with Crippen LogP contribution in [0.4, 0.5) is 4.79 Å². The topological polar surface area (TPSA) is 128 Å². The molecule has 0 atom stereocenters. The maximum atomic E-state index is 13.1. The highest BCUT2D eigenvalue weighted by Gasteiger charge is 2.21. The molecule has 190 valence electrons. The summed E-state index contributed by atoms with van der Waals surface area (Å²) < 4.78 is 12.4. The molecule has 9 heteroatoms. The molecule has 0 aliphatic heterocycles. The van der Waals surface area contributed by atoms with Gasteiger partial charge in [-0.25, -0.2) is 4.79 Å². The van der Waals surface area contributed by atoms with E-state index in [0.717, 1.165) is 11.1 Å². The van der Waals surface area contributed by atoms with Crippen LogP contribution in [0.1, 0.15) is 48.2 Å². The van der Waals surface area contributed by atoms with Crippen LogP contribution in [0.15, 0.2) is 48.7 Å². The average molecular weight is 493 g/mol. The van der Waals surface area contributed by atoms with Gasteiger partial charge in [0.2, 0.25) is 0 Å². The average Bonchev–Trinajstić information content (AvgIpc) is 3.18. The number of fused-ring (bicyclic) bond motifs is 1. The van der Waals surface area contributed by atoms with Crippen LogP contribution in [0, 0.1) is 5.41 Å². The van der Waals surface area contributed by atoms with Crippen molar-refractivity contribution < 1.29 is 23.9 Å². The van der Waals surface area contributed by atoms with Crippen LogP contribution in [-0.4, -0.2) is 52.8 Å². The highest BCUT2D eigenvalue weighted by molar-refractivity contribution is 6.08. The molecule has 0 fully saturated rings. The lowest BCUT2D eigenvalue weighted by atomic mass is 10.0. The number of carbonyl (C=O) groups is 3. The molecule has 0 saturated heterocycles. The van der Waals surface area contributed by atoms with E-state index in [0.29, 0.717) is 42.3 Å². The summed E-state index contributed by atoms with van der Waals surface area (Å²) in [6, 6.07) is 12.4. The van der Waals surface area contributed by atoms with Crippen LogP contribution in [0.3, 0.4) is 0 Å². The van der Waals surface area contributed by atoms with Gasteiger partial charge >= 0.3 is 12.1 Å². The van der Waals surface area contributed by atoms with Gasteiger partial charge in [0, 0.05) is 48.2 Å². The van der Waals surface area contributed by atoms with Gasteiger partial charge in [-0.1, -0.05) is 31.2 Å². The van der Waals surface area contributed by atoms with Gasteiger partial charge < -0.3 is 19.8 Å². The van der Waals surface area contributed by atoms with Gasteiger partial charge in [-0.2, -0.15) is 0 Å². The number of Topliss-reactive ketones (excluding diaryl/α,β-unsaturated/α-hetero) is 1. The molecular weight excluding hydrogens is 460 g/mol. The van der Waals surface area contributed by atoms with Crippen molar-refractivity contribution in [1.82, 2.24) is 9.47 Å². The number of aryl methyl sites for hydroxylation is 2. The molecule has 0 unspecified atom stereocenters. The third kappa shape index (κ3) is 6.50. The molecule has 3 rings (SSSR count). The van der Waals surface area contributed by atoms with Crippen LogP contribution < -0.4 is 10.5 Å². The van der Waals surface area contributed by atoms with Gasteiger partial charge in [0.15, 0.2) is 5.78 Å². The number of benzene rings is 2. The summed E-state index contributed by atoms with van der Waals surface area (Å²) in [5.41, 5.74) is 8.49. The predicted octanol–water partition coefficient (Wildman–Crippen LogP) is 4.05. The smallest absolute Gasteiger partial charge is 0.415 e. The monoisotopic (exact) mass is 492 g/mol. The number of hydrogen-bond donors (Lipinski definition) is 2. The Labute approximate surface area is 210 Å². The van der Waals surface area contributed by atoms with Crippen molar-refractivity contribution in [2.24, 2.45) is 12.8 Å². The van der Waals surface area contributed by atoms with E-state index in [9.17, 15) is 14.4 Å². The van der Waals surface area contributed by atoms with Crippen molar-refractivity contribution in [2.45, 2.75) is 33.1 Å². The van der Waals surface area contributed by atoms with Crippen molar-refractivity contribution in [3.63, 3.8) is 0 Å². The standard InChI is InChI=1S/C27H32N4O5/c1-4-14-31(17-25(33)35-5-2)27(34)36-20-11-12-23-21(15-20)22(16-30(23)3)24(32)13-8-18-6-9-19(10-7-18)26(28)29/h6-7,9-12,15-16H,4-5,8,13-14,17H2,1-3H3,(H3,28,29). The highest BCUT2D eigenvalue weighted by atomic mass is 16.6. The maximum Gasteiger partial charge on any atom is 0.415 e. The number of hydrogen-bond acceptors (Lipinski definition) is 6. The van der Waals surface area contributed by atoms with E-state index in [1.807, 2.05) is 30.7 Å². The quantitative estimate of drug-likeness (QED) is 0.180. The lowest BCUT2D eigenvalue weighted by Gasteiger charge is -2.20. The molecule has 0 spiro atoms. The SMILES string of the molecule is CCCN(CC(=O)OCC)C(=O)Oc1ccc2c(c1)c(C(=O)CCc1ccc(C(=N)N)cc1)cn2C. The first-order chi connectivity index (χ1) is 17.2. The number of ketones is 1. The Hall–Kier alpha value is -4.14. The fourth-order valence-corrected chi connectivity index (χ4v) is 3.93. The van der Waals surface area contributed by atoms with Gasteiger partial charge in [-0.3, -0.25) is 19.9 Å². The number of rotatable bonds is 11. The van der Waals surface area contributed by atoms with E-state index in [4.69, 9.17) is 20.6 Å². The molecule has 1 amide bonds. The van der Waals surface area contributed by atoms with Gasteiger partial charge in [0.05, 0.1) is 6.61 Å². The number of nitrogens with one attached hydrogen (secondary N) is 1. The van der Waals surface area contributed by atoms with E-state index in [2.05, 4.69) is 0 Å². The van der Waals surface area contributed by atoms with E-state index in [-0.39, 0.29) is 30.5 Å². The van der Waals surface area contributed by atoms with E-state index >= 15 is 0 Å². The largest absolute Gasteiger partial charge is 0.465 e. The number of esters is 1. The summed E-state index contributed by atoms with van der Waals surface area (Å²) in [5.74, 6) is -0.235. The minimum absolute atomic E-state index is 0.00333. The van der Waals surface area contributed by atoms with Gasteiger partial charge in [0.25, 0.3) is 0 Å². The second-order valence-electron chi connectivity index (χ2n) is 8.46. The number of nitrogens with two attached hydrogens (primary N) is 1. The number of amides is 1. The third-order valence-electron chi connectivity index (χ3n) is 5.75. The number of nitrogen functional groups attached to an aromatic ring is 1. The normalized spacial score (nSPS) is 10.8.